The number of aromatic nitrogens is 2. The molecule has 94 valence electrons. The molecule has 2 aromatic rings. The van der Waals surface area contributed by atoms with Gasteiger partial charge in [-0.25, -0.2) is 0 Å². The Morgan fingerprint density at radius 1 is 1.56 bits per heavy atom. The Morgan fingerprint density at radius 2 is 2.39 bits per heavy atom. The molecule has 1 atom stereocenters. The molecule has 2 heterocycles. The highest BCUT2D eigenvalue weighted by Gasteiger charge is 2.14. The zero-order chi connectivity index (χ0) is 13.0. The fourth-order valence-corrected chi connectivity index (χ4v) is 1.43. The van der Waals surface area contributed by atoms with Crippen LogP contribution in [0.4, 0.5) is 0 Å². The molecular weight excluding hydrogens is 230 g/mol. The monoisotopic (exact) mass is 245 g/mol. The number of nitrogens with zero attached hydrogens (tertiary/aromatic N) is 2. The molecule has 1 unspecified atom stereocenters. The molecule has 1 N–H and O–H groups in total. The van der Waals surface area contributed by atoms with Gasteiger partial charge in [-0.1, -0.05) is 12.1 Å². The van der Waals surface area contributed by atoms with Crippen molar-refractivity contribution in [2.24, 2.45) is 0 Å². The molecule has 0 saturated heterocycles. The first-order valence-electron chi connectivity index (χ1n) is 5.88. The molecule has 0 bridgehead atoms. The van der Waals surface area contributed by atoms with E-state index in [4.69, 9.17) is 4.52 Å². The van der Waals surface area contributed by atoms with Gasteiger partial charge in [0.15, 0.2) is 11.5 Å². The van der Waals surface area contributed by atoms with Gasteiger partial charge in [-0.15, -0.1) is 0 Å². The quantitative estimate of drug-likeness (QED) is 0.897. The van der Waals surface area contributed by atoms with Gasteiger partial charge >= 0.3 is 0 Å². The molecule has 5 nitrogen and oxygen atoms in total. The van der Waals surface area contributed by atoms with E-state index >= 15 is 0 Å². The van der Waals surface area contributed by atoms with E-state index in [0.29, 0.717) is 5.76 Å². The van der Waals surface area contributed by atoms with Gasteiger partial charge in [-0.3, -0.25) is 9.78 Å². The third-order valence-electron chi connectivity index (χ3n) is 2.68. The van der Waals surface area contributed by atoms with E-state index in [-0.39, 0.29) is 17.6 Å². The molecule has 0 saturated carbocycles. The molecule has 0 spiro atoms. The van der Waals surface area contributed by atoms with Crippen molar-refractivity contribution in [1.29, 1.82) is 0 Å². The van der Waals surface area contributed by atoms with E-state index in [1.165, 1.54) is 0 Å². The van der Waals surface area contributed by atoms with Crippen LogP contribution in [0, 0.1) is 0 Å². The van der Waals surface area contributed by atoms with Crippen molar-refractivity contribution in [2.75, 3.05) is 0 Å². The van der Waals surface area contributed by atoms with Gasteiger partial charge in [0, 0.05) is 30.1 Å². The molecule has 1 amide bonds. The zero-order valence-corrected chi connectivity index (χ0v) is 10.4. The van der Waals surface area contributed by atoms with E-state index in [9.17, 15) is 4.79 Å². The Hall–Kier alpha value is -2.17. The van der Waals surface area contributed by atoms with Crippen LogP contribution < -0.4 is 5.32 Å². The Bertz CT molecular complexity index is 522. The first kappa shape index (κ1) is 12.3. The lowest BCUT2D eigenvalue weighted by molar-refractivity contribution is 0.0930. The Kier molecular flexibility index (Phi) is 3.72. The minimum atomic E-state index is -0.219. The normalized spacial score (nSPS) is 12.1. The van der Waals surface area contributed by atoms with Gasteiger partial charge in [0.1, 0.15) is 0 Å². The summed E-state index contributed by atoms with van der Waals surface area (Å²) >= 11 is 0. The van der Waals surface area contributed by atoms with Crippen molar-refractivity contribution in [2.45, 2.75) is 26.3 Å². The maximum absolute atomic E-state index is 11.8. The first-order chi connectivity index (χ1) is 8.70. The minimum Gasteiger partial charge on any atom is -0.355 e. The lowest BCUT2D eigenvalue weighted by Gasteiger charge is -2.08. The Balaban J connectivity index is 2.13. The molecule has 5 heteroatoms. The van der Waals surface area contributed by atoms with Crippen molar-refractivity contribution in [3.8, 4) is 11.3 Å². The Labute approximate surface area is 105 Å². The third kappa shape index (κ3) is 2.74. The summed E-state index contributed by atoms with van der Waals surface area (Å²) in [5.41, 5.74) is 1.08. The lowest BCUT2D eigenvalue weighted by atomic mass is 10.2. The van der Waals surface area contributed by atoms with E-state index in [0.717, 1.165) is 12.0 Å². The second-order valence-electron chi connectivity index (χ2n) is 4.10. The average Bonchev–Trinajstić information content (AvgIpc) is 2.89. The summed E-state index contributed by atoms with van der Waals surface area (Å²) in [7, 11) is 0. The molecule has 0 fully saturated rings. The van der Waals surface area contributed by atoms with Gasteiger partial charge in [0.05, 0.1) is 0 Å². The number of rotatable bonds is 4. The second kappa shape index (κ2) is 5.44. The number of hydrogen-bond acceptors (Lipinski definition) is 4. The Morgan fingerprint density at radius 3 is 3.06 bits per heavy atom. The molecule has 2 aromatic heterocycles. The van der Waals surface area contributed by atoms with Gasteiger partial charge in [0.25, 0.3) is 5.91 Å². The molecule has 0 aliphatic heterocycles. The fraction of sp³-hybridized carbons (Fsp3) is 0.308. The van der Waals surface area contributed by atoms with Gasteiger partial charge in [-0.2, -0.15) is 0 Å². The lowest BCUT2D eigenvalue weighted by Crippen LogP contribution is -2.32. The van der Waals surface area contributed by atoms with Crippen molar-refractivity contribution in [1.82, 2.24) is 15.5 Å². The second-order valence-corrected chi connectivity index (χ2v) is 4.10. The maximum atomic E-state index is 11.8. The standard InChI is InChI=1S/C13H15N3O2/c1-3-9(2)15-13(17)11-7-12(18-16-11)10-5-4-6-14-8-10/h4-9H,3H2,1-2H3,(H,15,17). The fourth-order valence-electron chi connectivity index (χ4n) is 1.43. The molecule has 0 aliphatic carbocycles. The minimum absolute atomic E-state index is 0.121. The van der Waals surface area contributed by atoms with E-state index < -0.39 is 0 Å². The summed E-state index contributed by atoms with van der Waals surface area (Å²) in [4.78, 5) is 15.8. The number of pyridine rings is 1. The van der Waals surface area contributed by atoms with Crippen molar-refractivity contribution >= 4 is 5.91 Å². The zero-order valence-electron chi connectivity index (χ0n) is 10.4. The smallest absolute Gasteiger partial charge is 0.273 e. The number of hydrogen-bond donors (Lipinski definition) is 1. The van der Waals surface area contributed by atoms with Crippen LogP contribution in [0.1, 0.15) is 30.8 Å². The largest absolute Gasteiger partial charge is 0.355 e. The molecular formula is C13H15N3O2. The highest BCUT2D eigenvalue weighted by molar-refractivity contribution is 5.93. The topological polar surface area (TPSA) is 68.0 Å². The maximum Gasteiger partial charge on any atom is 0.273 e. The average molecular weight is 245 g/mol. The van der Waals surface area contributed by atoms with Gasteiger partial charge in [0.2, 0.25) is 0 Å². The van der Waals surface area contributed by atoms with Crippen LogP contribution >= 0.6 is 0 Å². The number of amides is 1. The van der Waals surface area contributed by atoms with Crippen LogP contribution in [0.25, 0.3) is 11.3 Å². The predicted molar refractivity (Wildman–Crippen MR) is 67.0 cm³/mol. The van der Waals surface area contributed by atoms with Crippen LogP contribution in [-0.4, -0.2) is 22.1 Å². The molecule has 2 rings (SSSR count). The summed E-state index contributed by atoms with van der Waals surface area (Å²) < 4.78 is 5.14. The van der Waals surface area contributed by atoms with Crippen molar-refractivity contribution in [3.05, 3.63) is 36.3 Å². The summed E-state index contributed by atoms with van der Waals surface area (Å²) in [5.74, 6) is 0.320. The van der Waals surface area contributed by atoms with Crippen molar-refractivity contribution < 1.29 is 9.32 Å². The molecule has 18 heavy (non-hydrogen) atoms. The van der Waals surface area contributed by atoms with E-state index in [1.807, 2.05) is 19.9 Å². The highest BCUT2D eigenvalue weighted by atomic mass is 16.5. The number of carbonyl (C=O) groups is 1. The summed E-state index contributed by atoms with van der Waals surface area (Å²) in [6, 6.07) is 5.39. The van der Waals surface area contributed by atoms with Crippen LogP contribution in [0.15, 0.2) is 35.1 Å². The third-order valence-corrected chi connectivity index (χ3v) is 2.68. The molecule has 0 aromatic carbocycles. The van der Waals surface area contributed by atoms with Crippen LogP contribution in [0.2, 0.25) is 0 Å². The SMILES string of the molecule is CCC(C)NC(=O)c1cc(-c2cccnc2)on1. The van der Waals surface area contributed by atoms with E-state index in [2.05, 4.69) is 15.5 Å². The van der Waals surface area contributed by atoms with Crippen molar-refractivity contribution in [3.63, 3.8) is 0 Å². The highest BCUT2D eigenvalue weighted by Crippen LogP contribution is 2.18. The summed E-state index contributed by atoms with van der Waals surface area (Å²) in [6.45, 7) is 3.95. The number of nitrogens with one attached hydrogen (secondary N) is 1. The van der Waals surface area contributed by atoms with E-state index in [1.54, 1.807) is 24.5 Å². The van der Waals surface area contributed by atoms with Gasteiger partial charge < -0.3 is 9.84 Å². The van der Waals surface area contributed by atoms with Crippen LogP contribution in [0.3, 0.4) is 0 Å². The summed E-state index contributed by atoms with van der Waals surface area (Å²) in [5, 5.41) is 6.60. The molecule has 0 radical (unpaired) electrons. The summed E-state index contributed by atoms with van der Waals surface area (Å²) in [6.07, 6.45) is 4.21. The predicted octanol–water partition coefficient (Wildman–Crippen LogP) is 2.26. The van der Waals surface area contributed by atoms with Gasteiger partial charge in [-0.05, 0) is 25.5 Å². The first-order valence-corrected chi connectivity index (χ1v) is 5.88. The molecule has 0 aliphatic rings. The van der Waals surface area contributed by atoms with Crippen LogP contribution in [0.5, 0.6) is 0 Å². The number of carbonyl (C=O) groups excluding carboxylic acids is 1. The van der Waals surface area contributed by atoms with Crippen LogP contribution in [-0.2, 0) is 0 Å².